The van der Waals surface area contributed by atoms with Crippen molar-refractivity contribution in [2.24, 2.45) is 5.10 Å². The van der Waals surface area contributed by atoms with Gasteiger partial charge in [-0.1, -0.05) is 42.5 Å². The van der Waals surface area contributed by atoms with Crippen molar-refractivity contribution in [1.82, 2.24) is 10.3 Å². The molecule has 0 aliphatic heterocycles. The van der Waals surface area contributed by atoms with E-state index in [4.69, 9.17) is 16.6 Å². The van der Waals surface area contributed by atoms with E-state index in [1.807, 2.05) is 30.3 Å². The van der Waals surface area contributed by atoms with Crippen LogP contribution in [-0.2, 0) is 6.54 Å². The van der Waals surface area contributed by atoms with E-state index in [0.29, 0.717) is 28.7 Å². The van der Waals surface area contributed by atoms with Crippen LogP contribution in [0.15, 0.2) is 76.2 Å². The summed E-state index contributed by atoms with van der Waals surface area (Å²) in [7, 11) is 1.74. The summed E-state index contributed by atoms with van der Waals surface area (Å²) in [4.78, 5) is 10.5. The molecular formula is C20H18N4O3S. The van der Waals surface area contributed by atoms with Gasteiger partial charge in [-0.3, -0.25) is 10.1 Å². The van der Waals surface area contributed by atoms with Crippen molar-refractivity contribution in [3.05, 3.63) is 88.2 Å². The first-order valence-corrected chi connectivity index (χ1v) is 8.88. The van der Waals surface area contributed by atoms with Crippen LogP contribution < -0.4 is 5.32 Å². The molecule has 0 fully saturated rings. The normalized spacial score (nSPS) is 10.8. The summed E-state index contributed by atoms with van der Waals surface area (Å²) >= 11 is 5.32. The van der Waals surface area contributed by atoms with Crippen LogP contribution in [0.5, 0.6) is 0 Å². The fourth-order valence-corrected chi connectivity index (χ4v) is 2.55. The van der Waals surface area contributed by atoms with Crippen LogP contribution in [-0.4, -0.2) is 28.3 Å². The van der Waals surface area contributed by atoms with Crippen molar-refractivity contribution in [2.75, 3.05) is 7.05 Å². The number of benzene rings is 2. The van der Waals surface area contributed by atoms with Crippen LogP contribution in [0.1, 0.15) is 11.3 Å². The van der Waals surface area contributed by atoms with Crippen LogP contribution in [0.25, 0.3) is 11.3 Å². The third-order valence-electron chi connectivity index (χ3n) is 3.91. The molecular weight excluding hydrogens is 376 g/mol. The first kappa shape index (κ1) is 19.2. The molecule has 0 unspecified atom stereocenters. The minimum absolute atomic E-state index is 0.0127. The number of nitro benzene ring substituents is 1. The van der Waals surface area contributed by atoms with Gasteiger partial charge >= 0.3 is 0 Å². The summed E-state index contributed by atoms with van der Waals surface area (Å²) < 4.78 is 5.70. The maximum Gasteiger partial charge on any atom is 0.270 e. The predicted molar refractivity (Wildman–Crippen MR) is 112 cm³/mol. The second kappa shape index (κ2) is 8.92. The Morgan fingerprint density at radius 2 is 2.00 bits per heavy atom. The molecule has 1 aromatic heterocycles. The van der Waals surface area contributed by atoms with Gasteiger partial charge in [0.25, 0.3) is 5.69 Å². The van der Waals surface area contributed by atoms with Crippen molar-refractivity contribution in [2.45, 2.75) is 6.54 Å². The largest absolute Gasteiger partial charge is 0.455 e. The van der Waals surface area contributed by atoms with Crippen LogP contribution in [0.4, 0.5) is 5.69 Å². The molecule has 1 N–H and O–H groups in total. The van der Waals surface area contributed by atoms with Crippen LogP contribution in [0, 0.1) is 10.1 Å². The number of nitrogens with zero attached hydrogens (tertiary/aromatic N) is 3. The monoisotopic (exact) mass is 394 g/mol. The number of hydrogen-bond donors (Lipinski definition) is 1. The van der Waals surface area contributed by atoms with E-state index in [9.17, 15) is 10.1 Å². The van der Waals surface area contributed by atoms with E-state index in [1.54, 1.807) is 31.3 Å². The molecule has 0 saturated heterocycles. The molecule has 0 amide bonds. The van der Waals surface area contributed by atoms with Crippen LogP contribution in [0.2, 0.25) is 0 Å². The van der Waals surface area contributed by atoms with Crippen LogP contribution in [0.3, 0.4) is 0 Å². The van der Waals surface area contributed by atoms with E-state index in [2.05, 4.69) is 10.4 Å². The molecule has 0 aliphatic rings. The van der Waals surface area contributed by atoms with Gasteiger partial charge in [0.1, 0.15) is 11.5 Å². The smallest absolute Gasteiger partial charge is 0.270 e. The van der Waals surface area contributed by atoms with Gasteiger partial charge in [-0.25, -0.2) is 5.01 Å². The minimum Gasteiger partial charge on any atom is -0.455 e. The molecule has 0 aliphatic carbocycles. The van der Waals surface area contributed by atoms with Gasteiger partial charge in [0.2, 0.25) is 0 Å². The maximum absolute atomic E-state index is 10.9. The van der Waals surface area contributed by atoms with Gasteiger partial charge in [0, 0.05) is 31.3 Å². The lowest BCUT2D eigenvalue weighted by molar-refractivity contribution is -0.384. The molecule has 28 heavy (non-hydrogen) atoms. The lowest BCUT2D eigenvalue weighted by atomic mass is 10.1. The van der Waals surface area contributed by atoms with Crippen molar-refractivity contribution in [3.63, 3.8) is 0 Å². The summed E-state index contributed by atoms with van der Waals surface area (Å²) in [5, 5.41) is 20.3. The second-order valence-corrected chi connectivity index (χ2v) is 6.31. The fraction of sp³-hybridized carbons (Fsp3) is 0.100. The standard InChI is InChI=1S/C20H18N4O3S/c1-23(20(28)21-13-15-6-3-2-4-7-15)22-14-18-10-11-19(27-18)16-8-5-9-17(12-16)24(25)26/h2-12,14H,13H2,1H3,(H,21,28)/b22-14-. The Kier molecular flexibility index (Phi) is 6.13. The quantitative estimate of drug-likeness (QED) is 0.292. The van der Waals surface area contributed by atoms with Gasteiger partial charge in [-0.2, -0.15) is 5.10 Å². The Hall–Kier alpha value is -3.52. The fourth-order valence-electron chi connectivity index (χ4n) is 2.43. The Morgan fingerprint density at radius 1 is 1.21 bits per heavy atom. The van der Waals surface area contributed by atoms with Crippen molar-refractivity contribution >= 4 is 29.2 Å². The molecule has 0 spiro atoms. The molecule has 3 aromatic rings. The molecule has 7 nitrogen and oxygen atoms in total. The molecule has 2 aromatic carbocycles. The van der Waals surface area contributed by atoms with Crippen LogP contribution >= 0.6 is 12.2 Å². The number of furan rings is 1. The zero-order chi connectivity index (χ0) is 19.9. The third-order valence-corrected chi connectivity index (χ3v) is 4.32. The van der Waals surface area contributed by atoms with E-state index < -0.39 is 4.92 Å². The highest BCUT2D eigenvalue weighted by molar-refractivity contribution is 7.80. The van der Waals surface area contributed by atoms with Crippen molar-refractivity contribution < 1.29 is 9.34 Å². The van der Waals surface area contributed by atoms with E-state index >= 15 is 0 Å². The zero-order valence-electron chi connectivity index (χ0n) is 15.1. The lowest BCUT2D eigenvalue weighted by Crippen LogP contribution is -2.33. The molecule has 0 saturated carbocycles. The van der Waals surface area contributed by atoms with Gasteiger partial charge in [-0.05, 0) is 29.9 Å². The SMILES string of the molecule is CN(/N=C\c1ccc(-c2cccc([N+](=O)[O-])c2)o1)C(=S)NCc1ccccc1. The molecule has 0 radical (unpaired) electrons. The average Bonchev–Trinajstić information content (AvgIpc) is 3.20. The lowest BCUT2D eigenvalue weighted by Gasteiger charge is -2.15. The number of hydrogen-bond acceptors (Lipinski definition) is 5. The summed E-state index contributed by atoms with van der Waals surface area (Å²) in [6.45, 7) is 0.608. The van der Waals surface area contributed by atoms with Crippen molar-refractivity contribution in [1.29, 1.82) is 0 Å². The number of rotatable bonds is 6. The van der Waals surface area contributed by atoms with Gasteiger partial charge in [0.15, 0.2) is 5.11 Å². The Balaban J connectivity index is 1.61. The Bertz CT molecular complexity index is 1000. The highest BCUT2D eigenvalue weighted by Gasteiger charge is 2.10. The van der Waals surface area contributed by atoms with Crippen molar-refractivity contribution in [3.8, 4) is 11.3 Å². The number of nitro groups is 1. The minimum atomic E-state index is -0.437. The summed E-state index contributed by atoms with van der Waals surface area (Å²) in [6, 6.07) is 19.7. The van der Waals surface area contributed by atoms with Gasteiger partial charge < -0.3 is 9.73 Å². The number of nitrogens with one attached hydrogen (secondary N) is 1. The second-order valence-electron chi connectivity index (χ2n) is 5.92. The zero-order valence-corrected chi connectivity index (χ0v) is 15.9. The highest BCUT2D eigenvalue weighted by Crippen LogP contribution is 2.25. The maximum atomic E-state index is 10.9. The summed E-state index contributed by atoms with van der Waals surface area (Å²) in [5.41, 5.74) is 1.76. The number of hydrazone groups is 1. The Morgan fingerprint density at radius 3 is 2.75 bits per heavy atom. The van der Waals surface area contributed by atoms with E-state index in [0.717, 1.165) is 5.56 Å². The summed E-state index contributed by atoms with van der Waals surface area (Å²) in [5.74, 6) is 1.04. The highest BCUT2D eigenvalue weighted by atomic mass is 32.1. The number of thiocarbonyl (C=S) groups is 1. The molecule has 3 rings (SSSR count). The average molecular weight is 394 g/mol. The molecule has 0 bridgehead atoms. The van der Waals surface area contributed by atoms with E-state index in [-0.39, 0.29) is 5.69 Å². The molecule has 0 atom stereocenters. The predicted octanol–water partition coefficient (Wildman–Crippen LogP) is 4.20. The van der Waals surface area contributed by atoms with E-state index in [1.165, 1.54) is 23.4 Å². The van der Waals surface area contributed by atoms with Gasteiger partial charge in [-0.15, -0.1) is 0 Å². The summed E-state index contributed by atoms with van der Waals surface area (Å²) in [6.07, 6.45) is 1.54. The first-order valence-electron chi connectivity index (χ1n) is 8.47. The first-order chi connectivity index (χ1) is 13.5. The molecule has 1 heterocycles. The molecule has 8 heteroatoms. The number of non-ortho nitro benzene ring substituents is 1. The topological polar surface area (TPSA) is 83.9 Å². The van der Waals surface area contributed by atoms with Gasteiger partial charge in [0.05, 0.1) is 11.1 Å². The Labute approximate surface area is 167 Å². The third kappa shape index (κ3) is 5.01. The molecule has 142 valence electrons.